The summed E-state index contributed by atoms with van der Waals surface area (Å²) in [4.78, 5) is 2.28. The molecular formula is C15H23NO3. The summed E-state index contributed by atoms with van der Waals surface area (Å²) in [5, 5.41) is 9.76. The highest BCUT2D eigenvalue weighted by Gasteiger charge is 2.16. The molecule has 4 nitrogen and oxygen atoms in total. The van der Waals surface area contributed by atoms with E-state index in [1.165, 1.54) is 12.8 Å². The molecule has 0 saturated carbocycles. The molecule has 0 aromatic heterocycles. The molecule has 0 aliphatic carbocycles. The zero-order valence-corrected chi connectivity index (χ0v) is 11.8. The molecule has 1 heterocycles. The van der Waals surface area contributed by atoms with Gasteiger partial charge in [0.25, 0.3) is 0 Å². The lowest BCUT2D eigenvalue weighted by Crippen LogP contribution is -2.30. The fourth-order valence-electron chi connectivity index (χ4n) is 2.60. The van der Waals surface area contributed by atoms with Crippen LogP contribution in [0.15, 0.2) is 18.2 Å². The van der Waals surface area contributed by atoms with E-state index in [1.807, 2.05) is 12.1 Å². The summed E-state index contributed by atoms with van der Waals surface area (Å²) in [5.74, 6) is 1.35. The van der Waals surface area contributed by atoms with Gasteiger partial charge in [-0.1, -0.05) is 6.07 Å². The van der Waals surface area contributed by atoms with Crippen LogP contribution in [0.4, 0.5) is 0 Å². The van der Waals surface area contributed by atoms with Crippen molar-refractivity contribution in [2.75, 3.05) is 33.9 Å². The first-order chi connectivity index (χ1) is 9.19. The van der Waals surface area contributed by atoms with Crippen LogP contribution in [0, 0.1) is 5.92 Å². The van der Waals surface area contributed by atoms with E-state index in [9.17, 15) is 5.11 Å². The number of ether oxygens (including phenoxy) is 2. The van der Waals surface area contributed by atoms with E-state index in [1.54, 1.807) is 13.2 Å². The standard InChI is InChI=1S/C15H23NO3/c1-16(10-13-4-3-7-19-11-13)9-12-5-6-15(18-2)14(17)8-12/h5-6,8,13,17H,3-4,7,9-11H2,1-2H3. The van der Waals surface area contributed by atoms with E-state index < -0.39 is 0 Å². The fourth-order valence-corrected chi connectivity index (χ4v) is 2.60. The van der Waals surface area contributed by atoms with E-state index in [0.29, 0.717) is 11.7 Å². The molecule has 106 valence electrons. The second-order valence-corrected chi connectivity index (χ2v) is 5.29. The Kier molecular flexibility index (Phi) is 5.05. The number of methoxy groups -OCH3 is 1. The first-order valence-corrected chi connectivity index (χ1v) is 6.81. The van der Waals surface area contributed by atoms with Gasteiger partial charge >= 0.3 is 0 Å². The summed E-state index contributed by atoms with van der Waals surface area (Å²) >= 11 is 0. The lowest BCUT2D eigenvalue weighted by atomic mass is 10.0. The Morgan fingerprint density at radius 3 is 2.95 bits per heavy atom. The van der Waals surface area contributed by atoms with Crippen molar-refractivity contribution >= 4 is 0 Å². The number of phenolic OH excluding ortho intramolecular Hbond substituents is 1. The van der Waals surface area contributed by atoms with E-state index in [0.717, 1.165) is 31.9 Å². The van der Waals surface area contributed by atoms with E-state index >= 15 is 0 Å². The van der Waals surface area contributed by atoms with Gasteiger partial charge in [-0.15, -0.1) is 0 Å². The van der Waals surface area contributed by atoms with E-state index in [-0.39, 0.29) is 5.75 Å². The molecule has 1 unspecified atom stereocenters. The predicted octanol–water partition coefficient (Wildman–Crippen LogP) is 2.26. The fraction of sp³-hybridized carbons (Fsp3) is 0.600. The number of rotatable bonds is 5. The van der Waals surface area contributed by atoms with Crippen molar-refractivity contribution in [1.82, 2.24) is 4.90 Å². The molecule has 1 aromatic carbocycles. The maximum Gasteiger partial charge on any atom is 0.160 e. The molecule has 1 aliphatic rings. The molecule has 0 radical (unpaired) electrons. The number of phenols is 1. The van der Waals surface area contributed by atoms with Gasteiger partial charge in [0.15, 0.2) is 11.5 Å². The van der Waals surface area contributed by atoms with Crippen LogP contribution in [0.2, 0.25) is 0 Å². The Hall–Kier alpha value is -1.26. The van der Waals surface area contributed by atoms with Gasteiger partial charge in [-0.3, -0.25) is 0 Å². The maximum absolute atomic E-state index is 9.76. The number of benzene rings is 1. The van der Waals surface area contributed by atoms with E-state index in [2.05, 4.69) is 11.9 Å². The van der Waals surface area contributed by atoms with Gasteiger partial charge in [0.2, 0.25) is 0 Å². The van der Waals surface area contributed by atoms with Gasteiger partial charge in [-0.2, -0.15) is 0 Å². The minimum atomic E-state index is 0.203. The zero-order chi connectivity index (χ0) is 13.7. The normalized spacial score (nSPS) is 19.6. The number of hydrogen-bond acceptors (Lipinski definition) is 4. The van der Waals surface area contributed by atoms with Crippen LogP contribution in [0.5, 0.6) is 11.5 Å². The highest BCUT2D eigenvalue weighted by Crippen LogP contribution is 2.26. The third-order valence-electron chi connectivity index (χ3n) is 3.52. The number of hydrogen-bond donors (Lipinski definition) is 1. The first-order valence-electron chi connectivity index (χ1n) is 6.81. The Labute approximate surface area is 114 Å². The zero-order valence-electron chi connectivity index (χ0n) is 11.8. The van der Waals surface area contributed by atoms with Crippen LogP contribution in [0.3, 0.4) is 0 Å². The average molecular weight is 265 g/mol. The van der Waals surface area contributed by atoms with Crippen molar-refractivity contribution < 1.29 is 14.6 Å². The smallest absolute Gasteiger partial charge is 0.160 e. The lowest BCUT2D eigenvalue weighted by molar-refractivity contribution is 0.0411. The minimum absolute atomic E-state index is 0.203. The van der Waals surface area contributed by atoms with Crippen LogP contribution in [0.1, 0.15) is 18.4 Å². The lowest BCUT2D eigenvalue weighted by Gasteiger charge is -2.27. The van der Waals surface area contributed by atoms with Crippen LogP contribution in [-0.2, 0) is 11.3 Å². The van der Waals surface area contributed by atoms with Gasteiger partial charge in [-0.05, 0) is 43.5 Å². The molecule has 1 aromatic rings. The van der Waals surface area contributed by atoms with Crippen LogP contribution in [-0.4, -0.2) is 43.9 Å². The highest BCUT2D eigenvalue weighted by atomic mass is 16.5. The van der Waals surface area contributed by atoms with Gasteiger partial charge in [0, 0.05) is 19.7 Å². The second-order valence-electron chi connectivity index (χ2n) is 5.29. The predicted molar refractivity (Wildman–Crippen MR) is 74.5 cm³/mol. The maximum atomic E-state index is 9.76. The highest BCUT2D eigenvalue weighted by molar-refractivity contribution is 5.41. The summed E-state index contributed by atoms with van der Waals surface area (Å²) < 4.78 is 10.5. The molecule has 1 fully saturated rings. The van der Waals surface area contributed by atoms with Crippen molar-refractivity contribution in [3.63, 3.8) is 0 Å². The van der Waals surface area contributed by atoms with Crippen molar-refractivity contribution in [3.05, 3.63) is 23.8 Å². The average Bonchev–Trinajstić information content (AvgIpc) is 2.40. The molecule has 1 saturated heterocycles. The van der Waals surface area contributed by atoms with Crippen LogP contribution >= 0.6 is 0 Å². The molecular weight excluding hydrogens is 242 g/mol. The molecule has 1 N–H and O–H groups in total. The van der Waals surface area contributed by atoms with Crippen molar-refractivity contribution in [1.29, 1.82) is 0 Å². The number of nitrogens with zero attached hydrogens (tertiary/aromatic N) is 1. The third kappa shape index (κ3) is 4.11. The molecule has 1 aliphatic heterocycles. The Bertz CT molecular complexity index is 402. The summed E-state index contributed by atoms with van der Waals surface area (Å²) in [6.07, 6.45) is 2.42. The third-order valence-corrected chi connectivity index (χ3v) is 3.52. The summed E-state index contributed by atoms with van der Waals surface area (Å²) in [5.41, 5.74) is 1.09. The molecule has 0 bridgehead atoms. The summed E-state index contributed by atoms with van der Waals surface area (Å²) in [7, 11) is 3.67. The Balaban J connectivity index is 1.87. The van der Waals surface area contributed by atoms with Gasteiger partial charge in [0.1, 0.15) is 0 Å². The van der Waals surface area contributed by atoms with Crippen LogP contribution < -0.4 is 4.74 Å². The first kappa shape index (κ1) is 14.2. The van der Waals surface area contributed by atoms with Crippen molar-refractivity contribution in [3.8, 4) is 11.5 Å². The summed E-state index contributed by atoms with van der Waals surface area (Å²) in [6.45, 7) is 3.64. The molecule has 0 amide bonds. The molecule has 4 heteroatoms. The molecule has 2 rings (SSSR count). The Morgan fingerprint density at radius 1 is 1.47 bits per heavy atom. The second kappa shape index (κ2) is 6.78. The van der Waals surface area contributed by atoms with E-state index in [4.69, 9.17) is 9.47 Å². The minimum Gasteiger partial charge on any atom is -0.504 e. The number of aromatic hydroxyl groups is 1. The van der Waals surface area contributed by atoms with Crippen molar-refractivity contribution in [2.45, 2.75) is 19.4 Å². The van der Waals surface area contributed by atoms with Crippen molar-refractivity contribution in [2.24, 2.45) is 5.92 Å². The summed E-state index contributed by atoms with van der Waals surface area (Å²) in [6, 6.07) is 5.57. The van der Waals surface area contributed by atoms with Gasteiger partial charge < -0.3 is 19.5 Å². The largest absolute Gasteiger partial charge is 0.504 e. The molecule has 1 atom stereocenters. The molecule has 0 spiro atoms. The SMILES string of the molecule is COc1ccc(CN(C)CC2CCCOC2)cc1O. The van der Waals surface area contributed by atoms with Gasteiger partial charge in [0.05, 0.1) is 13.7 Å². The van der Waals surface area contributed by atoms with Gasteiger partial charge in [-0.25, -0.2) is 0 Å². The quantitative estimate of drug-likeness (QED) is 0.886. The topological polar surface area (TPSA) is 41.9 Å². The monoisotopic (exact) mass is 265 g/mol. The van der Waals surface area contributed by atoms with Crippen LogP contribution in [0.25, 0.3) is 0 Å². The Morgan fingerprint density at radius 2 is 2.32 bits per heavy atom. The molecule has 19 heavy (non-hydrogen) atoms.